The lowest BCUT2D eigenvalue weighted by Crippen LogP contribution is -2.51. The first-order chi connectivity index (χ1) is 21.9. The lowest BCUT2D eigenvalue weighted by molar-refractivity contribution is 0.107. The van der Waals surface area contributed by atoms with Crippen molar-refractivity contribution in [3.05, 3.63) is 47.4 Å². The summed E-state index contributed by atoms with van der Waals surface area (Å²) in [4.78, 5) is 18.9. The van der Waals surface area contributed by atoms with Gasteiger partial charge in [-0.15, -0.1) is 6.42 Å². The number of aryl methyl sites for hydroxylation is 1. The van der Waals surface area contributed by atoms with Crippen molar-refractivity contribution in [3.8, 4) is 35.4 Å². The van der Waals surface area contributed by atoms with E-state index in [0.717, 1.165) is 45.3 Å². The molecule has 8 rings (SSSR count). The van der Waals surface area contributed by atoms with Crippen LogP contribution in [0, 0.1) is 18.2 Å². The van der Waals surface area contributed by atoms with Gasteiger partial charge in [0.05, 0.1) is 16.6 Å². The van der Waals surface area contributed by atoms with Crippen molar-refractivity contribution >= 4 is 27.5 Å². The second kappa shape index (κ2) is 10.8. The molecule has 4 atom stereocenters. The van der Waals surface area contributed by atoms with Crippen LogP contribution in [-0.4, -0.2) is 81.5 Å². The van der Waals surface area contributed by atoms with Crippen molar-refractivity contribution in [2.24, 2.45) is 0 Å². The predicted molar refractivity (Wildman–Crippen MR) is 170 cm³/mol. The van der Waals surface area contributed by atoms with Gasteiger partial charge in [-0.25, -0.2) is 13.8 Å². The van der Waals surface area contributed by atoms with Gasteiger partial charge in [-0.1, -0.05) is 25.0 Å². The fraction of sp³-hybridized carbons (Fsp3) is 0.457. The summed E-state index contributed by atoms with van der Waals surface area (Å²) in [5.74, 6) is 2.68. The number of halogens is 2. The quantitative estimate of drug-likeness (QED) is 0.291. The summed E-state index contributed by atoms with van der Waals surface area (Å²) in [6, 6.07) is 9.29. The van der Waals surface area contributed by atoms with E-state index in [2.05, 4.69) is 21.0 Å². The number of ether oxygens (including phenoxy) is 1. The van der Waals surface area contributed by atoms with E-state index in [-0.39, 0.29) is 29.6 Å². The molecular formula is C35H36F2N6O2. The van der Waals surface area contributed by atoms with Gasteiger partial charge in [-0.05, 0) is 62.2 Å². The molecule has 2 unspecified atom stereocenters. The Morgan fingerprint density at radius 2 is 1.96 bits per heavy atom. The molecule has 0 aliphatic carbocycles. The van der Waals surface area contributed by atoms with Crippen LogP contribution in [0.15, 0.2) is 30.3 Å². The molecule has 2 bridgehead atoms. The molecule has 2 aromatic carbocycles. The zero-order valence-electron chi connectivity index (χ0n) is 25.3. The number of phenols is 1. The Bertz CT molecular complexity index is 1870. The molecule has 8 nitrogen and oxygen atoms in total. The molecule has 0 amide bonds. The Kier molecular flexibility index (Phi) is 6.80. The maximum Gasteiger partial charge on any atom is 0.319 e. The minimum atomic E-state index is -0.887. The van der Waals surface area contributed by atoms with Gasteiger partial charge in [0.25, 0.3) is 0 Å². The Balaban J connectivity index is 1.31. The number of piperazine rings is 1. The van der Waals surface area contributed by atoms with E-state index in [4.69, 9.17) is 26.1 Å². The van der Waals surface area contributed by atoms with E-state index < -0.39 is 17.5 Å². The molecule has 4 fully saturated rings. The molecule has 0 saturated carbocycles. The number of hydrogen-bond acceptors (Lipinski definition) is 8. The summed E-state index contributed by atoms with van der Waals surface area (Å²) < 4.78 is 37.9. The lowest BCUT2D eigenvalue weighted by Gasteiger charge is -2.35. The number of benzene rings is 2. The molecule has 4 saturated heterocycles. The second-order valence-electron chi connectivity index (χ2n) is 13.1. The maximum absolute atomic E-state index is 17.0. The number of hydrogen-bond donors (Lipinski definition) is 2. The molecule has 0 spiro atoms. The zero-order valence-corrected chi connectivity index (χ0v) is 25.3. The highest BCUT2D eigenvalue weighted by Gasteiger charge is 2.49. The van der Waals surface area contributed by atoms with Gasteiger partial charge < -0.3 is 20.1 Å². The van der Waals surface area contributed by atoms with Crippen LogP contribution in [0.3, 0.4) is 0 Å². The van der Waals surface area contributed by atoms with E-state index in [0.29, 0.717) is 70.3 Å². The topological polar surface area (TPSA) is 86.6 Å². The average molecular weight is 611 g/mol. The largest absolute Gasteiger partial charge is 0.508 e. The number of terminal acetylenes is 1. The summed E-state index contributed by atoms with van der Waals surface area (Å²) in [6.45, 7) is 4.95. The van der Waals surface area contributed by atoms with Crippen LogP contribution >= 0.6 is 0 Å². The number of nitrogens with one attached hydrogen (secondary N) is 1. The van der Waals surface area contributed by atoms with Crippen molar-refractivity contribution in [2.75, 3.05) is 37.7 Å². The average Bonchev–Trinajstić information content (AvgIpc) is 3.69. The maximum atomic E-state index is 17.0. The van der Waals surface area contributed by atoms with Crippen LogP contribution in [0.5, 0.6) is 11.8 Å². The number of nitrogens with zero attached hydrogens (tertiary/aromatic N) is 5. The van der Waals surface area contributed by atoms with Crippen LogP contribution in [-0.2, 0) is 6.42 Å². The number of phenolic OH excluding ortho intramolecular Hbond substituents is 1. The first kappa shape index (κ1) is 28.4. The highest BCUT2D eigenvalue weighted by Crippen LogP contribution is 2.42. The zero-order chi connectivity index (χ0) is 30.9. The van der Waals surface area contributed by atoms with E-state index in [1.165, 1.54) is 6.07 Å². The Hall–Kier alpha value is -4.07. The van der Waals surface area contributed by atoms with Crippen molar-refractivity contribution in [2.45, 2.75) is 69.2 Å². The summed E-state index contributed by atoms with van der Waals surface area (Å²) in [7, 11) is 0. The molecule has 4 aromatic rings. The first-order valence-electron chi connectivity index (χ1n) is 16.0. The number of aromatic hydroxyl groups is 1. The minimum absolute atomic E-state index is 0.0159. The summed E-state index contributed by atoms with van der Waals surface area (Å²) in [5, 5.41) is 16.2. The third-order valence-electron chi connectivity index (χ3n) is 10.3. The van der Waals surface area contributed by atoms with E-state index in [1.54, 1.807) is 12.1 Å². The van der Waals surface area contributed by atoms with E-state index in [1.807, 2.05) is 19.1 Å². The molecule has 10 heteroatoms. The van der Waals surface area contributed by atoms with Crippen LogP contribution in [0.25, 0.3) is 32.9 Å². The van der Waals surface area contributed by atoms with Crippen LogP contribution < -0.4 is 15.0 Å². The molecule has 0 radical (unpaired) electrons. The smallest absolute Gasteiger partial charge is 0.319 e. The molecule has 2 N–H and O–H groups in total. The third kappa shape index (κ3) is 4.67. The lowest BCUT2D eigenvalue weighted by atomic mass is 9.95. The number of pyridine rings is 1. The van der Waals surface area contributed by atoms with Gasteiger partial charge in [-0.3, -0.25) is 4.90 Å². The van der Waals surface area contributed by atoms with Gasteiger partial charge in [0.2, 0.25) is 0 Å². The molecule has 4 aliphatic heterocycles. The van der Waals surface area contributed by atoms with Gasteiger partial charge in [0, 0.05) is 54.7 Å². The normalized spacial score (nSPS) is 26.1. The highest BCUT2D eigenvalue weighted by atomic mass is 19.1. The molecule has 4 aliphatic rings. The first-order valence-corrected chi connectivity index (χ1v) is 16.0. The minimum Gasteiger partial charge on any atom is -0.508 e. The van der Waals surface area contributed by atoms with Crippen LogP contribution in [0.1, 0.15) is 50.3 Å². The van der Waals surface area contributed by atoms with Crippen LogP contribution in [0.2, 0.25) is 0 Å². The Labute approximate surface area is 260 Å². The Morgan fingerprint density at radius 3 is 2.73 bits per heavy atom. The van der Waals surface area contributed by atoms with Crippen molar-refractivity contribution in [1.29, 1.82) is 0 Å². The van der Waals surface area contributed by atoms with E-state index >= 15 is 4.39 Å². The fourth-order valence-corrected chi connectivity index (χ4v) is 8.27. The van der Waals surface area contributed by atoms with Crippen LogP contribution in [0.4, 0.5) is 14.6 Å². The monoisotopic (exact) mass is 610 g/mol. The molecule has 6 heterocycles. The van der Waals surface area contributed by atoms with E-state index in [9.17, 15) is 9.50 Å². The Morgan fingerprint density at radius 1 is 1.13 bits per heavy atom. The number of rotatable bonds is 6. The molecule has 2 aromatic heterocycles. The highest BCUT2D eigenvalue weighted by molar-refractivity contribution is 6.03. The van der Waals surface area contributed by atoms with Crippen molar-refractivity contribution in [3.63, 3.8) is 0 Å². The number of fused-ring (bicyclic) bond motifs is 5. The van der Waals surface area contributed by atoms with Gasteiger partial charge in [0.15, 0.2) is 5.82 Å². The number of anilines is 1. The fourth-order valence-electron chi connectivity index (χ4n) is 8.27. The summed E-state index contributed by atoms with van der Waals surface area (Å²) in [5.41, 5.74) is 1.42. The van der Waals surface area contributed by atoms with Crippen molar-refractivity contribution in [1.82, 2.24) is 25.2 Å². The predicted octanol–water partition coefficient (Wildman–Crippen LogP) is 5.13. The molecule has 45 heavy (non-hydrogen) atoms. The third-order valence-corrected chi connectivity index (χ3v) is 10.3. The van der Waals surface area contributed by atoms with Crippen molar-refractivity contribution < 1.29 is 18.6 Å². The number of alkyl halides is 1. The number of aromatic nitrogens is 3. The van der Waals surface area contributed by atoms with Gasteiger partial charge in [-0.2, -0.15) is 9.97 Å². The van der Waals surface area contributed by atoms with Gasteiger partial charge >= 0.3 is 6.01 Å². The van der Waals surface area contributed by atoms with Gasteiger partial charge in [0.1, 0.15) is 35.6 Å². The molecule has 232 valence electrons. The summed E-state index contributed by atoms with van der Waals surface area (Å²) in [6.07, 6.45) is 9.90. The molecular weight excluding hydrogens is 574 g/mol. The SMILES string of the molecule is C#Cc1cccc2cc(O)cc(-c3nc(CC)c4c(N5CC6CCC(C5)N6)nc(OC[C@@]56CCCN5C[C@H](F)C6)nc4c3F)c12. The standard InChI is InChI=1S/C35H36F2N6O2/c1-3-20-7-5-8-21-13-25(44)14-26(28(20)21)31-30(37)32-29(27(4-2)39-31)33(42-17-23-9-10-24(18-42)38-23)41-34(40-32)45-19-35-11-6-12-43(35)16-22(36)15-35/h1,5,7-8,13-14,22-24,38,44H,4,6,9-12,15-19H2,2H3/t22-,23?,24?,35+/m1/s1. The summed E-state index contributed by atoms with van der Waals surface area (Å²) >= 11 is 0. The second-order valence-corrected chi connectivity index (χ2v) is 13.1.